The van der Waals surface area contributed by atoms with Crippen LogP contribution in [0.4, 0.5) is 11.4 Å². The maximum atomic E-state index is 12.6. The van der Waals surface area contributed by atoms with Crippen LogP contribution in [0, 0.1) is 13.8 Å². The Hall–Kier alpha value is -3.44. The van der Waals surface area contributed by atoms with Crippen LogP contribution in [0.2, 0.25) is 0 Å². The van der Waals surface area contributed by atoms with Crippen LogP contribution >= 0.6 is 0 Å². The molecule has 0 unspecified atom stereocenters. The zero-order valence-corrected chi connectivity index (χ0v) is 17.5. The average molecular weight is 402 g/mol. The molecule has 0 aromatic heterocycles. The highest BCUT2D eigenvalue weighted by Crippen LogP contribution is 2.24. The highest BCUT2D eigenvalue weighted by molar-refractivity contribution is 5.94. The molecular formula is C25H27N3O2. The first-order valence-corrected chi connectivity index (χ1v) is 9.95. The van der Waals surface area contributed by atoms with Gasteiger partial charge in [-0.2, -0.15) is 0 Å². The van der Waals surface area contributed by atoms with Crippen LogP contribution in [0.15, 0.2) is 72.8 Å². The van der Waals surface area contributed by atoms with Crippen molar-refractivity contribution >= 4 is 23.2 Å². The van der Waals surface area contributed by atoms with Gasteiger partial charge in [-0.3, -0.25) is 14.9 Å². The molecule has 1 atom stereocenters. The molecular weight excluding hydrogens is 374 g/mol. The molecule has 5 nitrogen and oxygen atoms in total. The van der Waals surface area contributed by atoms with E-state index in [1.807, 2.05) is 18.2 Å². The Morgan fingerprint density at radius 1 is 0.767 bits per heavy atom. The molecule has 0 fully saturated rings. The monoisotopic (exact) mass is 401 g/mol. The number of rotatable bonds is 7. The molecule has 30 heavy (non-hydrogen) atoms. The third-order valence-corrected chi connectivity index (χ3v) is 4.93. The Morgan fingerprint density at radius 2 is 1.47 bits per heavy atom. The molecule has 3 N–H and O–H groups in total. The molecule has 0 bridgehead atoms. The summed E-state index contributed by atoms with van der Waals surface area (Å²) in [6.07, 6.45) is 0. The number of carbonyl (C=O) groups excluding carboxylic acids is 2. The van der Waals surface area contributed by atoms with Gasteiger partial charge in [-0.15, -0.1) is 0 Å². The van der Waals surface area contributed by atoms with Crippen molar-refractivity contribution in [2.24, 2.45) is 0 Å². The van der Waals surface area contributed by atoms with Gasteiger partial charge in [0.25, 0.3) is 0 Å². The lowest BCUT2D eigenvalue weighted by molar-refractivity contribution is -0.115. The smallest absolute Gasteiger partial charge is 0.238 e. The van der Waals surface area contributed by atoms with Crippen molar-refractivity contribution in [3.63, 3.8) is 0 Å². The second-order valence-corrected chi connectivity index (χ2v) is 7.38. The van der Waals surface area contributed by atoms with Gasteiger partial charge in [-0.25, -0.2) is 0 Å². The fourth-order valence-electron chi connectivity index (χ4n) is 3.30. The minimum atomic E-state index is -0.153. The quantitative estimate of drug-likeness (QED) is 0.543. The maximum absolute atomic E-state index is 12.6. The molecule has 0 spiro atoms. The van der Waals surface area contributed by atoms with E-state index in [-0.39, 0.29) is 24.4 Å². The summed E-state index contributed by atoms with van der Waals surface area (Å²) in [6, 6.07) is 23.5. The lowest BCUT2D eigenvalue weighted by atomic mass is 9.95. The highest BCUT2D eigenvalue weighted by Gasteiger charge is 2.16. The average Bonchev–Trinajstić information content (AvgIpc) is 2.71. The molecule has 2 amide bonds. The minimum absolute atomic E-state index is 0.0954. The summed E-state index contributed by atoms with van der Waals surface area (Å²) in [5.41, 5.74) is 5.95. The van der Waals surface area contributed by atoms with Gasteiger partial charge in [0, 0.05) is 18.3 Å². The Morgan fingerprint density at radius 3 is 2.13 bits per heavy atom. The van der Waals surface area contributed by atoms with Crippen molar-refractivity contribution in [1.29, 1.82) is 0 Å². The first-order valence-electron chi connectivity index (χ1n) is 9.95. The van der Waals surface area contributed by atoms with E-state index in [0.29, 0.717) is 11.4 Å². The van der Waals surface area contributed by atoms with Gasteiger partial charge < -0.3 is 10.6 Å². The SMILES string of the molecule is CC(=O)Nc1cccc(NC(=O)CN[C@H](c2ccccc2)c2ccc(C)c(C)c2)c1. The second-order valence-electron chi connectivity index (χ2n) is 7.38. The summed E-state index contributed by atoms with van der Waals surface area (Å²) in [5, 5.41) is 8.98. The number of aryl methyl sites for hydroxylation is 2. The van der Waals surface area contributed by atoms with Crippen LogP contribution in [-0.2, 0) is 9.59 Å². The number of nitrogens with one attached hydrogen (secondary N) is 3. The Kier molecular flexibility index (Phi) is 6.99. The zero-order valence-electron chi connectivity index (χ0n) is 17.5. The van der Waals surface area contributed by atoms with Gasteiger partial charge >= 0.3 is 0 Å². The van der Waals surface area contributed by atoms with Crippen LogP contribution in [0.3, 0.4) is 0 Å². The topological polar surface area (TPSA) is 70.2 Å². The molecule has 0 aliphatic carbocycles. The normalized spacial score (nSPS) is 11.6. The number of anilines is 2. The molecule has 3 rings (SSSR count). The van der Waals surface area contributed by atoms with Crippen LogP contribution in [-0.4, -0.2) is 18.4 Å². The molecule has 0 heterocycles. The number of hydrogen-bond donors (Lipinski definition) is 3. The summed E-state index contributed by atoms with van der Waals surface area (Å²) >= 11 is 0. The fourth-order valence-corrected chi connectivity index (χ4v) is 3.30. The molecule has 0 saturated heterocycles. The van der Waals surface area contributed by atoms with Gasteiger partial charge in [0.1, 0.15) is 0 Å². The van der Waals surface area contributed by atoms with E-state index in [1.54, 1.807) is 24.3 Å². The van der Waals surface area contributed by atoms with Crippen LogP contribution in [0.1, 0.15) is 35.2 Å². The summed E-state index contributed by atoms with van der Waals surface area (Å²) in [4.78, 5) is 23.8. The zero-order chi connectivity index (χ0) is 21.5. The number of amides is 2. The molecule has 0 aliphatic heterocycles. The van der Waals surface area contributed by atoms with E-state index in [1.165, 1.54) is 18.1 Å². The van der Waals surface area contributed by atoms with E-state index in [2.05, 4.69) is 60.1 Å². The second kappa shape index (κ2) is 9.85. The summed E-state index contributed by atoms with van der Waals surface area (Å²) in [6.45, 7) is 5.78. The van der Waals surface area contributed by atoms with E-state index >= 15 is 0 Å². The number of benzene rings is 3. The lowest BCUT2D eigenvalue weighted by Crippen LogP contribution is -2.32. The standard InChI is InChI=1S/C25H27N3O2/c1-17-12-13-21(14-18(17)2)25(20-8-5-4-6-9-20)26-16-24(30)28-23-11-7-10-22(15-23)27-19(3)29/h4-15,25-26H,16H2,1-3H3,(H,27,29)(H,28,30)/t25-/m1/s1. The predicted octanol–water partition coefficient (Wildman–Crippen LogP) is 4.58. The fraction of sp³-hybridized carbons (Fsp3) is 0.200. The lowest BCUT2D eigenvalue weighted by Gasteiger charge is -2.21. The van der Waals surface area contributed by atoms with Crippen molar-refractivity contribution in [2.45, 2.75) is 26.8 Å². The van der Waals surface area contributed by atoms with Crippen LogP contribution < -0.4 is 16.0 Å². The first kappa shape index (κ1) is 21.3. The summed E-state index contributed by atoms with van der Waals surface area (Å²) < 4.78 is 0. The molecule has 5 heteroatoms. The van der Waals surface area contributed by atoms with Crippen LogP contribution in [0.5, 0.6) is 0 Å². The van der Waals surface area contributed by atoms with Gasteiger partial charge in [0.15, 0.2) is 0 Å². The molecule has 3 aromatic rings. The highest BCUT2D eigenvalue weighted by atomic mass is 16.2. The van der Waals surface area contributed by atoms with Crippen molar-refractivity contribution in [3.05, 3.63) is 95.1 Å². The molecule has 154 valence electrons. The van der Waals surface area contributed by atoms with Gasteiger partial charge in [-0.05, 0) is 54.3 Å². The first-order chi connectivity index (χ1) is 14.4. The minimum Gasteiger partial charge on any atom is -0.326 e. The van der Waals surface area contributed by atoms with Gasteiger partial charge in [0.05, 0.1) is 12.6 Å². The van der Waals surface area contributed by atoms with Gasteiger partial charge in [0.2, 0.25) is 11.8 Å². The molecule has 0 saturated carbocycles. The molecule has 0 aliphatic rings. The third kappa shape index (κ3) is 5.78. The van der Waals surface area contributed by atoms with E-state index in [9.17, 15) is 9.59 Å². The number of hydrogen-bond acceptors (Lipinski definition) is 3. The Labute approximate surface area is 177 Å². The third-order valence-electron chi connectivity index (χ3n) is 4.93. The van der Waals surface area contributed by atoms with Crippen molar-refractivity contribution in [2.75, 3.05) is 17.2 Å². The van der Waals surface area contributed by atoms with Gasteiger partial charge in [-0.1, -0.05) is 54.6 Å². The Balaban J connectivity index is 1.72. The van der Waals surface area contributed by atoms with E-state index in [4.69, 9.17) is 0 Å². The van der Waals surface area contributed by atoms with Crippen molar-refractivity contribution < 1.29 is 9.59 Å². The van der Waals surface area contributed by atoms with Crippen molar-refractivity contribution in [1.82, 2.24) is 5.32 Å². The predicted molar refractivity (Wildman–Crippen MR) is 122 cm³/mol. The van der Waals surface area contributed by atoms with E-state index in [0.717, 1.165) is 11.1 Å². The summed E-state index contributed by atoms with van der Waals surface area (Å²) in [7, 11) is 0. The van der Waals surface area contributed by atoms with Crippen LogP contribution in [0.25, 0.3) is 0 Å². The number of carbonyl (C=O) groups is 2. The van der Waals surface area contributed by atoms with Crippen molar-refractivity contribution in [3.8, 4) is 0 Å². The maximum Gasteiger partial charge on any atom is 0.238 e. The Bertz CT molecular complexity index is 1030. The summed E-state index contributed by atoms with van der Waals surface area (Å²) in [5.74, 6) is -0.307. The molecule has 3 aromatic carbocycles. The molecule has 0 radical (unpaired) electrons. The largest absolute Gasteiger partial charge is 0.326 e. The van der Waals surface area contributed by atoms with E-state index < -0.39 is 0 Å².